The predicted molar refractivity (Wildman–Crippen MR) is 92.6 cm³/mol. The largest absolute Gasteiger partial charge is 0.418 e. The summed E-state index contributed by atoms with van der Waals surface area (Å²) < 4.78 is 6.04. The normalized spacial score (nSPS) is 14.6. The summed E-state index contributed by atoms with van der Waals surface area (Å²) in [7, 11) is -2.15. The molecule has 0 saturated carbocycles. The average Bonchev–Trinajstić information content (AvgIpc) is 2.54. The summed E-state index contributed by atoms with van der Waals surface area (Å²) in [5.74, 6) is 0. The zero-order valence-corrected chi connectivity index (χ0v) is 14.5. The van der Waals surface area contributed by atoms with Crippen molar-refractivity contribution in [2.45, 2.75) is 13.1 Å². The summed E-state index contributed by atoms with van der Waals surface area (Å²) in [6.07, 6.45) is 0. The van der Waals surface area contributed by atoms with E-state index < -0.39 is 15.4 Å². The van der Waals surface area contributed by atoms with Gasteiger partial charge in [-0.05, 0) is 6.55 Å². The molecule has 0 aliphatic rings. The van der Waals surface area contributed by atoms with E-state index in [1.165, 1.54) is 10.4 Å². The number of benzene rings is 2. The summed E-state index contributed by atoms with van der Waals surface area (Å²) >= 11 is 0. The lowest BCUT2D eigenvalue weighted by molar-refractivity contribution is 0.424. The van der Waals surface area contributed by atoms with Crippen molar-refractivity contribution < 1.29 is 4.43 Å². The Morgan fingerprint density at radius 1 is 0.850 bits per heavy atom. The maximum absolute atomic E-state index is 6.04. The Hall–Kier alpha value is -1.43. The first-order chi connectivity index (χ1) is 9.58. The molecule has 0 aromatic heterocycles. The van der Waals surface area contributed by atoms with E-state index in [1.54, 1.807) is 0 Å². The third-order valence-electron chi connectivity index (χ3n) is 4.51. The third-order valence-corrected chi connectivity index (χ3v) is 20.0. The van der Waals surface area contributed by atoms with Crippen LogP contribution in [0.2, 0.25) is 13.1 Å². The van der Waals surface area contributed by atoms with Crippen LogP contribution in [0.1, 0.15) is 0 Å². The summed E-state index contributed by atoms with van der Waals surface area (Å²) in [5.41, 5.74) is 2.10. The number of hydrogen-bond acceptors (Lipinski definition) is 1. The molecule has 0 radical (unpaired) electrons. The fourth-order valence-electron chi connectivity index (χ4n) is 2.77. The highest BCUT2D eigenvalue weighted by atomic mass is 29.3. The highest BCUT2D eigenvalue weighted by molar-refractivity contribution is 7.50. The van der Waals surface area contributed by atoms with Crippen molar-refractivity contribution in [3.8, 4) is 0 Å². The fourth-order valence-corrected chi connectivity index (χ4v) is 13.8. The van der Waals surface area contributed by atoms with E-state index in [0.717, 1.165) is 0 Å². The molecule has 0 heterocycles. The van der Waals surface area contributed by atoms with Gasteiger partial charge in [0.1, 0.15) is 7.59 Å². The van der Waals surface area contributed by atoms with E-state index in [0.29, 0.717) is 0 Å². The van der Waals surface area contributed by atoms with E-state index in [4.69, 9.17) is 4.43 Å². The fraction of sp³-hybridized carbons (Fsp3) is 0.176. The Kier molecular flexibility index (Phi) is 4.43. The van der Waals surface area contributed by atoms with Gasteiger partial charge in [-0.2, -0.15) is 0 Å². The predicted octanol–water partition coefficient (Wildman–Crippen LogP) is 2.90. The van der Waals surface area contributed by atoms with Crippen LogP contribution in [-0.4, -0.2) is 22.5 Å². The molecule has 0 amide bonds. The summed E-state index contributed by atoms with van der Waals surface area (Å²) in [4.78, 5) is 0. The second-order valence-corrected chi connectivity index (χ2v) is 17.8. The van der Waals surface area contributed by atoms with Gasteiger partial charge in [0.15, 0.2) is 0 Å². The van der Waals surface area contributed by atoms with Crippen LogP contribution < -0.4 is 10.4 Å². The molecule has 0 aliphatic heterocycles. The van der Waals surface area contributed by atoms with Gasteiger partial charge in [0.25, 0.3) is 0 Å². The van der Waals surface area contributed by atoms with E-state index in [9.17, 15) is 0 Å². The van der Waals surface area contributed by atoms with Gasteiger partial charge in [0.2, 0.25) is 7.83 Å². The Morgan fingerprint density at radius 2 is 1.25 bits per heavy atom. The Morgan fingerprint density at radius 3 is 1.55 bits per heavy atom. The lowest BCUT2D eigenvalue weighted by Crippen LogP contribution is -2.73. The molecule has 0 fully saturated rings. The molecule has 1 unspecified atom stereocenters. The number of rotatable bonds is 5. The first-order valence-electron chi connectivity index (χ1n) is 6.88. The van der Waals surface area contributed by atoms with Crippen LogP contribution in [0, 0.1) is 0 Å². The van der Waals surface area contributed by atoms with Crippen molar-refractivity contribution in [3.63, 3.8) is 0 Å². The van der Waals surface area contributed by atoms with Crippen molar-refractivity contribution in [2.24, 2.45) is 0 Å². The molecule has 1 nitrogen and oxygen atoms in total. The maximum Gasteiger partial charge on any atom is 0.209 e. The molecule has 0 bridgehead atoms. The van der Waals surface area contributed by atoms with Gasteiger partial charge in [0.05, 0.1) is 0 Å². The van der Waals surface area contributed by atoms with E-state index in [-0.39, 0.29) is 0 Å². The molecule has 3 heteroatoms. The molecule has 0 spiro atoms. The van der Waals surface area contributed by atoms with Gasteiger partial charge in [-0.15, -0.1) is 6.58 Å². The SMILES string of the molecule is C=C[Si](C)(OC)[Si](C)(c1ccccc1)c1ccccc1. The Bertz CT molecular complexity index is 529. The van der Waals surface area contributed by atoms with Gasteiger partial charge < -0.3 is 4.43 Å². The third kappa shape index (κ3) is 2.33. The smallest absolute Gasteiger partial charge is 0.209 e. The highest BCUT2D eigenvalue weighted by Crippen LogP contribution is 2.21. The second-order valence-electron chi connectivity index (χ2n) is 5.37. The minimum Gasteiger partial charge on any atom is -0.418 e. The minimum atomic E-state index is -2.03. The second kappa shape index (κ2) is 5.91. The first kappa shape index (κ1) is 15.0. The molecule has 20 heavy (non-hydrogen) atoms. The molecule has 0 N–H and O–H groups in total. The molecule has 2 rings (SSSR count). The minimum absolute atomic E-state index is 1.42. The van der Waals surface area contributed by atoms with Gasteiger partial charge in [-0.1, -0.05) is 83.3 Å². The van der Waals surface area contributed by atoms with Crippen LogP contribution in [0.25, 0.3) is 0 Å². The van der Waals surface area contributed by atoms with Gasteiger partial charge in [-0.25, -0.2) is 0 Å². The standard InChI is InChI=1S/C17H22OSi2/c1-5-19(3,18-2)20(4,16-12-8-6-9-13-16)17-14-10-7-11-15-17/h5-15H,1H2,2-4H3. The van der Waals surface area contributed by atoms with Crippen molar-refractivity contribution in [1.82, 2.24) is 0 Å². The lowest BCUT2D eigenvalue weighted by Gasteiger charge is -2.40. The molecular weight excluding hydrogens is 276 g/mol. The lowest BCUT2D eigenvalue weighted by atomic mass is 10.4. The van der Waals surface area contributed by atoms with E-state index >= 15 is 0 Å². The van der Waals surface area contributed by atoms with Gasteiger partial charge in [-0.3, -0.25) is 0 Å². The average molecular weight is 299 g/mol. The molecule has 2 aromatic carbocycles. The Labute approximate surface area is 123 Å². The quantitative estimate of drug-likeness (QED) is 0.771. The van der Waals surface area contributed by atoms with Crippen LogP contribution in [-0.2, 0) is 4.43 Å². The van der Waals surface area contributed by atoms with Crippen molar-refractivity contribution in [1.29, 1.82) is 0 Å². The van der Waals surface area contributed by atoms with Crippen LogP contribution in [0.4, 0.5) is 0 Å². The van der Waals surface area contributed by atoms with E-state index in [2.05, 4.69) is 86.0 Å². The van der Waals surface area contributed by atoms with Crippen LogP contribution in [0.15, 0.2) is 72.9 Å². The van der Waals surface area contributed by atoms with Gasteiger partial charge >= 0.3 is 0 Å². The molecule has 104 valence electrons. The topological polar surface area (TPSA) is 9.23 Å². The summed E-state index contributed by atoms with van der Waals surface area (Å²) in [5, 5.41) is 2.84. The highest BCUT2D eigenvalue weighted by Gasteiger charge is 2.50. The zero-order chi connectivity index (χ0) is 14.6. The number of hydrogen-bond donors (Lipinski definition) is 0. The molecule has 1 atom stereocenters. The maximum atomic E-state index is 6.04. The summed E-state index contributed by atoms with van der Waals surface area (Å²) in [6.45, 7) is 8.79. The van der Waals surface area contributed by atoms with Crippen molar-refractivity contribution >= 4 is 25.8 Å². The van der Waals surface area contributed by atoms with Crippen LogP contribution in [0.3, 0.4) is 0 Å². The van der Waals surface area contributed by atoms with Crippen molar-refractivity contribution in [3.05, 3.63) is 72.9 Å². The summed E-state index contributed by atoms with van der Waals surface area (Å²) in [6, 6.07) is 21.6. The van der Waals surface area contributed by atoms with Gasteiger partial charge in [0, 0.05) is 7.11 Å². The van der Waals surface area contributed by atoms with Crippen LogP contribution in [0.5, 0.6) is 0 Å². The molecule has 2 aromatic rings. The monoisotopic (exact) mass is 298 g/mol. The Balaban J connectivity index is 2.70. The first-order valence-corrected chi connectivity index (χ1v) is 12.9. The van der Waals surface area contributed by atoms with Crippen molar-refractivity contribution in [2.75, 3.05) is 7.11 Å². The zero-order valence-electron chi connectivity index (χ0n) is 12.5. The van der Waals surface area contributed by atoms with E-state index in [1.807, 2.05) is 7.11 Å². The molecule has 0 saturated heterocycles. The molecular formula is C17H22OSi2. The molecule has 0 aliphatic carbocycles. The van der Waals surface area contributed by atoms with Crippen LogP contribution >= 0.6 is 0 Å².